The van der Waals surface area contributed by atoms with Crippen LogP contribution < -0.4 is 0 Å². The summed E-state index contributed by atoms with van der Waals surface area (Å²) >= 11 is 0. The van der Waals surface area contributed by atoms with Gasteiger partial charge in [-0.2, -0.15) is 0 Å². The van der Waals surface area contributed by atoms with Crippen LogP contribution >= 0.6 is 0 Å². The zero-order valence-electron chi connectivity index (χ0n) is 9.43. The Bertz CT molecular complexity index is 651. The van der Waals surface area contributed by atoms with E-state index in [0.29, 0.717) is 0 Å². The third-order valence-corrected chi connectivity index (χ3v) is 3.74. The van der Waals surface area contributed by atoms with Gasteiger partial charge in [0.25, 0.3) is 0 Å². The standard InChI is InChI=1S/C12H8F2O4S/c13-8-1-2-9(14)10(5-8)19(17)6-7-3-4-18-11(7)12(15)16/h1-5H,6H2,(H,15,16). The molecular formula is C12H8F2O4S. The highest BCUT2D eigenvalue weighted by molar-refractivity contribution is 7.84. The van der Waals surface area contributed by atoms with Crippen molar-refractivity contribution in [3.8, 4) is 0 Å². The lowest BCUT2D eigenvalue weighted by Gasteiger charge is -2.03. The topological polar surface area (TPSA) is 67.5 Å². The van der Waals surface area contributed by atoms with Gasteiger partial charge in [-0.25, -0.2) is 13.6 Å². The van der Waals surface area contributed by atoms with Gasteiger partial charge in [0, 0.05) is 5.56 Å². The molecule has 4 nitrogen and oxygen atoms in total. The smallest absolute Gasteiger partial charge is 0.372 e. The van der Waals surface area contributed by atoms with Gasteiger partial charge < -0.3 is 9.52 Å². The lowest BCUT2D eigenvalue weighted by molar-refractivity contribution is 0.0661. The first-order valence-corrected chi connectivity index (χ1v) is 6.44. The van der Waals surface area contributed by atoms with Crippen molar-refractivity contribution in [1.29, 1.82) is 0 Å². The fraction of sp³-hybridized carbons (Fsp3) is 0.0833. The Balaban J connectivity index is 2.28. The van der Waals surface area contributed by atoms with Crippen LogP contribution in [0.3, 0.4) is 0 Å². The van der Waals surface area contributed by atoms with E-state index in [0.717, 1.165) is 24.5 Å². The van der Waals surface area contributed by atoms with E-state index in [1.54, 1.807) is 0 Å². The summed E-state index contributed by atoms with van der Waals surface area (Å²) in [5.41, 5.74) is 0.162. The summed E-state index contributed by atoms with van der Waals surface area (Å²) in [5, 5.41) is 8.81. The largest absolute Gasteiger partial charge is 0.475 e. The van der Waals surface area contributed by atoms with Crippen molar-refractivity contribution >= 4 is 16.8 Å². The van der Waals surface area contributed by atoms with Gasteiger partial charge in [-0.3, -0.25) is 4.21 Å². The number of carboxylic acid groups (broad SMARTS) is 1. The number of rotatable bonds is 4. The lowest BCUT2D eigenvalue weighted by atomic mass is 10.3. The second kappa shape index (κ2) is 5.31. The maximum atomic E-state index is 13.4. The van der Waals surface area contributed by atoms with Crippen molar-refractivity contribution in [2.24, 2.45) is 0 Å². The molecule has 0 aliphatic rings. The molecule has 1 N–H and O–H groups in total. The van der Waals surface area contributed by atoms with E-state index in [9.17, 15) is 17.8 Å². The molecule has 1 unspecified atom stereocenters. The van der Waals surface area contributed by atoms with E-state index in [2.05, 4.69) is 0 Å². The molecule has 0 amide bonds. The van der Waals surface area contributed by atoms with Crippen LogP contribution in [-0.4, -0.2) is 15.3 Å². The summed E-state index contributed by atoms with van der Waals surface area (Å²) in [6, 6.07) is 3.94. The molecule has 0 saturated heterocycles. The van der Waals surface area contributed by atoms with E-state index in [-0.39, 0.29) is 22.0 Å². The van der Waals surface area contributed by atoms with Gasteiger partial charge in [0.1, 0.15) is 11.6 Å². The maximum absolute atomic E-state index is 13.4. The molecule has 1 heterocycles. The van der Waals surface area contributed by atoms with Gasteiger partial charge in [-0.1, -0.05) is 0 Å². The van der Waals surface area contributed by atoms with Crippen molar-refractivity contribution in [3.05, 3.63) is 53.5 Å². The molecule has 7 heteroatoms. The molecule has 2 aromatic rings. The Morgan fingerprint density at radius 2 is 2.05 bits per heavy atom. The molecule has 0 aliphatic carbocycles. The van der Waals surface area contributed by atoms with E-state index >= 15 is 0 Å². The molecule has 0 spiro atoms. The normalized spacial score (nSPS) is 12.3. The number of aromatic carboxylic acids is 1. The summed E-state index contributed by atoms with van der Waals surface area (Å²) in [4.78, 5) is 10.5. The van der Waals surface area contributed by atoms with E-state index in [1.165, 1.54) is 6.07 Å². The summed E-state index contributed by atoms with van der Waals surface area (Å²) in [5.74, 6) is -3.45. The molecule has 0 fully saturated rings. The number of carbonyl (C=O) groups is 1. The van der Waals surface area contributed by atoms with Crippen molar-refractivity contribution < 1.29 is 27.3 Å². The first-order chi connectivity index (χ1) is 8.99. The average Bonchev–Trinajstić information content (AvgIpc) is 2.80. The van der Waals surface area contributed by atoms with Crippen LogP contribution in [0, 0.1) is 11.6 Å². The Kier molecular flexibility index (Phi) is 3.75. The Hall–Kier alpha value is -2.02. The summed E-state index contributed by atoms with van der Waals surface area (Å²) in [7, 11) is -1.90. The van der Waals surface area contributed by atoms with Gasteiger partial charge in [0.15, 0.2) is 0 Å². The Morgan fingerprint density at radius 3 is 2.74 bits per heavy atom. The van der Waals surface area contributed by atoms with Crippen LogP contribution in [-0.2, 0) is 16.6 Å². The van der Waals surface area contributed by atoms with Crippen LogP contribution in [0.4, 0.5) is 8.78 Å². The molecule has 1 aromatic carbocycles. The van der Waals surface area contributed by atoms with Crippen molar-refractivity contribution in [2.75, 3.05) is 0 Å². The monoisotopic (exact) mass is 286 g/mol. The van der Waals surface area contributed by atoms with Crippen molar-refractivity contribution in [1.82, 2.24) is 0 Å². The van der Waals surface area contributed by atoms with Crippen molar-refractivity contribution in [2.45, 2.75) is 10.6 Å². The second-order valence-electron chi connectivity index (χ2n) is 3.64. The molecule has 19 heavy (non-hydrogen) atoms. The first kappa shape index (κ1) is 13.4. The molecule has 0 bridgehead atoms. The molecular weight excluding hydrogens is 278 g/mol. The molecule has 1 aromatic heterocycles. The van der Waals surface area contributed by atoms with Crippen LogP contribution in [0.5, 0.6) is 0 Å². The molecule has 0 saturated carbocycles. The highest BCUT2D eigenvalue weighted by atomic mass is 32.2. The highest BCUT2D eigenvalue weighted by Crippen LogP contribution is 2.20. The quantitative estimate of drug-likeness (QED) is 0.938. The predicted molar refractivity (Wildman–Crippen MR) is 62.1 cm³/mol. The van der Waals surface area contributed by atoms with Crippen LogP contribution in [0.2, 0.25) is 0 Å². The fourth-order valence-corrected chi connectivity index (χ4v) is 2.70. The highest BCUT2D eigenvalue weighted by Gasteiger charge is 2.18. The minimum absolute atomic E-state index is 0.162. The number of benzene rings is 1. The minimum atomic E-state index is -1.90. The zero-order valence-corrected chi connectivity index (χ0v) is 10.2. The molecule has 0 aliphatic heterocycles. The predicted octanol–water partition coefficient (Wildman–Crippen LogP) is 2.56. The number of furan rings is 1. The van der Waals surface area contributed by atoms with E-state index in [4.69, 9.17) is 9.52 Å². The fourth-order valence-electron chi connectivity index (χ4n) is 1.51. The minimum Gasteiger partial charge on any atom is -0.475 e. The van der Waals surface area contributed by atoms with Crippen molar-refractivity contribution in [3.63, 3.8) is 0 Å². The summed E-state index contributed by atoms with van der Waals surface area (Å²) in [6.45, 7) is 0. The van der Waals surface area contributed by atoms with E-state index in [1.807, 2.05) is 0 Å². The molecule has 0 radical (unpaired) electrons. The SMILES string of the molecule is O=C(O)c1occc1CS(=O)c1cc(F)ccc1F. The van der Waals surface area contributed by atoms with E-state index < -0.39 is 28.4 Å². The average molecular weight is 286 g/mol. The van der Waals surface area contributed by atoms with Gasteiger partial charge in [-0.15, -0.1) is 0 Å². The number of carboxylic acids is 1. The Morgan fingerprint density at radius 1 is 1.32 bits per heavy atom. The van der Waals surface area contributed by atoms with Gasteiger partial charge in [0.05, 0.1) is 27.7 Å². The van der Waals surface area contributed by atoms with Crippen LogP contribution in [0.25, 0.3) is 0 Å². The molecule has 100 valence electrons. The maximum Gasteiger partial charge on any atom is 0.372 e. The van der Waals surface area contributed by atoms with Crippen LogP contribution in [0.1, 0.15) is 16.1 Å². The molecule has 1 atom stereocenters. The third-order valence-electron chi connectivity index (χ3n) is 2.37. The zero-order chi connectivity index (χ0) is 14.0. The Labute approximate surface area is 109 Å². The lowest BCUT2D eigenvalue weighted by Crippen LogP contribution is -2.04. The number of hydrogen-bond acceptors (Lipinski definition) is 3. The molecule has 2 rings (SSSR count). The number of halogens is 2. The summed E-state index contributed by atoms with van der Waals surface area (Å²) < 4.78 is 43.0. The van der Waals surface area contributed by atoms with Gasteiger partial charge in [-0.05, 0) is 24.3 Å². The summed E-state index contributed by atoms with van der Waals surface area (Å²) in [6.07, 6.45) is 1.14. The van der Waals surface area contributed by atoms with Crippen LogP contribution in [0.15, 0.2) is 39.8 Å². The van der Waals surface area contributed by atoms with Gasteiger partial charge in [0.2, 0.25) is 5.76 Å². The first-order valence-electron chi connectivity index (χ1n) is 5.12. The van der Waals surface area contributed by atoms with Gasteiger partial charge >= 0.3 is 5.97 Å². The third kappa shape index (κ3) is 2.87. The second-order valence-corrected chi connectivity index (χ2v) is 5.06. The number of hydrogen-bond donors (Lipinski definition) is 1.